The minimum absolute atomic E-state index is 0.0122. The van der Waals surface area contributed by atoms with Crippen LogP contribution in [0, 0.1) is 11.3 Å². The summed E-state index contributed by atoms with van der Waals surface area (Å²) in [6, 6.07) is 0. The third-order valence-corrected chi connectivity index (χ3v) is 5.72. The highest BCUT2D eigenvalue weighted by Crippen LogP contribution is 2.43. The zero-order valence-electron chi connectivity index (χ0n) is 10.1. The lowest BCUT2D eigenvalue weighted by Crippen LogP contribution is -2.43. The first-order valence-electron chi connectivity index (χ1n) is 5.96. The molecule has 0 radical (unpaired) electrons. The SMILES string of the molecule is CCC1(CNS(=O)(=O)CC(C)CCl)CCC1. The molecule has 0 amide bonds. The molecule has 1 unspecified atom stereocenters. The van der Waals surface area contributed by atoms with Crippen LogP contribution in [-0.4, -0.2) is 26.6 Å². The van der Waals surface area contributed by atoms with E-state index in [2.05, 4.69) is 11.6 Å². The van der Waals surface area contributed by atoms with E-state index >= 15 is 0 Å². The molecule has 5 heteroatoms. The van der Waals surface area contributed by atoms with Crippen molar-refractivity contribution in [3.63, 3.8) is 0 Å². The first-order chi connectivity index (χ1) is 7.43. The molecular weight excluding hydrogens is 246 g/mol. The summed E-state index contributed by atoms with van der Waals surface area (Å²) in [7, 11) is -3.15. The van der Waals surface area contributed by atoms with E-state index in [1.807, 2.05) is 6.92 Å². The molecule has 0 aromatic carbocycles. The summed E-state index contributed by atoms with van der Waals surface area (Å²) in [5.41, 5.74) is 0.233. The standard InChI is InChI=1S/C11H22ClNO2S/c1-3-11(5-4-6-11)9-13-16(14,15)8-10(2)7-12/h10,13H,3-9H2,1-2H3. The van der Waals surface area contributed by atoms with E-state index in [1.54, 1.807) is 0 Å². The van der Waals surface area contributed by atoms with Gasteiger partial charge in [-0.1, -0.05) is 20.3 Å². The van der Waals surface area contributed by atoms with Gasteiger partial charge in [-0.2, -0.15) is 0 Å². The molecule has 0 aromatic rings. The van der Waals surface area contributed by atoms with Crippen molar-refractivity contribution in [1.82, 2.24) is 4.72 Å². The van der Waals surface area contributed by atoms with Crippen LogP contribution in [-0.2, 0) is 10.0 Å². The Morgan fingerprint density at radius 3 is 2.44 bits per heavy atom. The second-order valence-electron chi connectivity index (χ2n) is 5.07. The van der Waals surface area contributed by atoms with Gasteiger partial charge < -0.3 is 0 Å². The van der Waals surface area contributed by atoms with Crippen molar-refractivity contribution in [3.8, 4) is 0 Å². The van der Waals surface area contributed by atoms with E-state index in [-0.39, 0.29) is 17.1 Å². The van der Waals surface area contributed by atoms with Gasteiger partial charge in [0, 0.05) is 12.4 Å². The third kappa shape index (κ3) is 3.90. The van der Waals surface area contributed by atoms with E-state index in [4.69, 9.17) is 11.6 Å². The smallest absolute Gasteiger partial charge is 0.211 e. The molecule has 1 saturated carbocycles. The van der Waals surface area contributed by atoms with Crippen LogP contribution in [0.1, 0.15) is 39.5 Å². The molecule has 1 N–H and O–H groups in total. The van der Waals surface area contributed by atoms with Crippen LogP contribution in [0.4, 0.5) is 0 Å². The molecule has 1 aliphatic rings. The van der Waals surface area contributed by atoms with Crippen molar-refractivity contribution in [2.45, 2.75) is 39.5 Å². The molecule has 3 nitrogen and oxygen atoms in total. The minimum Gasteiger partial charge on any atom is -0.215 e. The number of hydrogen-bond donors (Lipinski definition) is 1. The fraction of sp³-hybridized carbons (Fsp3) is 1.00. The van der Waals surface area contributed by atoms with Crippen LogP contribution < -0.4 is 4.72 Å². The second kappa shape index (κ2) is 5.69. The van der Waals surface area contributed by atoms with Crippen molar-refractivity contribution in [2.75, 3.05) is 18.2 Å². The van der Waals surface area contributed by atoms with Crippen LogP contribution in [0.25, 0.3) is 0 Å². The number of nitrogens with one attached hydrogen (secondary N) is 1. The van der Waals surface area contributed by atoms with Gasteiger partial charge in [0.2, 0.25) is 10.0 Å². The minimum atomic E-state index is -3.15. The van der Waals surface area contributed by atoms with Gasteiger partial charge in [-0.3, -0.25) is 0 Å². The zero-order chi connectivity index (χ0) is 12.2. The number of alkyl halides is 1. The van der Waals surface area contributed by atoms with Crippen molar-refractivity contribution < 1.29 is 8.42 Å². The Morgan fingerprint density at radius 1 is 1.44 bits per heavy atom. The van der Waals surface area contributed by atoms with Crippen LogP contribution in [0.3, 0.4) is 0 Å². The molecule has 0 saturated heterocycles. The molecule has 0 spiro atoms. The predicted octanol–water partition coefficient (Wildman–Crippen LogP) is 2.36. The number of sulfonamides is 1. The molecule has 1 atom stereocenters. The van der Waals surface area contributed by atoms with E-state index in [0.29, 0.717) is 12.4 Å². The summed E-state index contributed by atoms with van der Waals surface area (Å²) >= 11 is 5.62. The van der Waals surface area contributed by atoms with Crippen molar-refractivity contribution in [1.29, 1.82) is 0 Å². The van der Waals surface area contributed by atoms with Gasteiger partial charge >= 0.3 is 0 Å². The number of rotatable bonds is 7. The van der Waals surface area contributed by atoms with Gasteiger partial charge in [0.15, 0.2) is 0 Å². The Hall–Kier alpha value is 0.200. The zero-order valence-corrected chi connectivity index (χ0v) is 11.7. The monoisotopic (exact) mass is 267 g/mol. The topological polar surface area (TPSA) is 46.2 Å². The fourth-order valence-corrected chi connectivity index (χ4v) is 3.82. The first kappa shape index (κ1) is 14.3. The van der Waals surface area contributed by atoms with E-state index in [0.717, 1.165) is 19.3 Å². The average molecular weight is 268 g/mol. The summed E-state index contributed by atoms with van der Waals surface area (Å²) in [6.45, 7) is 4.58. The maximum absolute atomic E-state index is 11.7. The van der Waals surface area contributed by atoms with E-state index in [1.165, 1.54) is 6.42 Å². The lowest BCUT2D eigenvalue weighted by Gasteiger charge is -2.41. The summed E-state index contributed by atoms with van der Waals surface area (Å²) in [5.74, 6) is 0.536. The largest absolute Gasteiger partial charge is 0.215 e. The Morgan fingerprint density at radius 2 is 2.06 bits per heavy atom. The molecule has 0 bridgehead atoms. The lowest BCUT2D eigenvalue weighted by molar-refractivity contribution is 0.133. The predicted molar refractivity (Wildman–Crippen MR) is 68.2 cm³/mol. The molecule has 0 heterocycles. The van der Waals surface area contributed by atoms with E-state index in [9.17, 15) is 8.42 Å². The Bertz CT molecular complexity index is 306. The van der Waals surface area contributed by atoms with Gasteiger partial charge in [-0.05, 0) is 30.6 Å². The molecule has 0 aromatic heterocycles. The van der Waals surface area contributed by atoms with Gasteiger partial charge in [0.25, 0.3) is 0 Å². The number of hydrogen-bond acceptors (Lipinski definition) is 2. The fourth-order valence-electron chi connectivity index (χ4n) is 2.07. The summed E-state index contributed by atoms with van der Waals surface area (Å²) in [4.78, 5) is 0. The number of halogens is 1. The highest BCUT2D eigenvalue weighted by Gasteiger charge is 2.35. The third-order valence-electron chi connectivity index (χ3n) is 3.60. The summed E-state index contributed by atoms with van der Waals surface area (Å²) < 4.78 is 26.2. The Balaban J connectivity index is 2.41. The van der Waals surface area contributed by atoms with Crippen LogP contribution >= 0.6 is 11.6 Å². The van der Waals surface area contributed by atoms with Gasteiger partial charge in [0.1, 0.15) is 0 Å². The molecular formula is C11H22ClNO2S. The van der Waals surface area contributed by atoms with Crippen LogP contribution in [0.5, 0.6) is 0 Å². The van der Waals surface area contributed by atoms with Gasteiger partial charge in [-0.15, -0.1) is 11.6 Å². The molecule has 1 rings (SSSR count). The molecule has 0 aliphatic heterocycles. The van der Waals surface area contributed by atoms with Crippen molar-refractivity contribution in [2.24, 2.45) is 11.3 Å². The lowest BCUT2D eigenvalue weighted by atomic mass is 9.67. The second-order valence-corrected chi connectivity index (χ2v) is 7.23. The van der Waals surface area contributed by atoms with Gasteiger partial charge in [-0.25, -0.2) is 13.1 Å². The molecule has 96 valence electrons. The van der Waals surface area contributed by atoms with Crippen molar-refractivity contribution in [3.05, 3.63) is 0 Å². The highest BCUT2D eigenvalue weighted by atomic mass is 35.5. The Labute approximate surface area is 104 Å². The van der Waals surface area contributed by atoms with Crippen molar-refractivity contribution >= 4 is 21.6 Å². The Kier molecular flexibility index (Phi) is 5.08. The van der Waals surface area contributed by atoms with Crippen LogP contribution in [0.2, 0.25) is 0 Å². The molecule has 1 fully saturated rings. The maximum atomic E-state index is 11.7. The molecule has 1 aliphatic carbocycles. The van der Waals surface area contributed by atoms with Crippen LogP contribution in [0.15, 0.2) is 0 Å². The highest BCUT2D eigenvalue weighted by molar-refractivity contribution is 7.89. The van der Waals surface area contributed by atoms with E-state index < -0.39 is 10.0 Å². The molecule has 16 heavy (non-hydrogen) atoms. The average Bonchev–Trinajstić information content (AvgIpc) is 2.16. The summed E-state index contributed by atoms with van der Waals surface area (Å²) in [5, 5.41) is 0. The maximum Gasteiger partial charge on any atom is 0.211 e. The normalized spacial score (nSPS) is 21.4. The van der Waals surface area contributed by atoms with Gasteiger partial charge in [0.05, 0.1) is 5.75 Å². The quantitative estimate of drug-likeness (QED) is 0.720. The first-order valence-corrected chi connectivity index (χ1v) is 8.15. The summed E-state index contributed by atoms with van der Waals surface area (Å²) in [6.07, 6.45) is 4.59.